The Morgan fingerprint density at radius 2 is 1.89 bits per heavy atom. The Morgan fingerprint density at radius 1 is 1.17 bits per heavy atom. The predicted molar refractivity (Wildman–Crippen MR) is 66.7 cm³/mol. The van der Waals surface area contributed by atoms with Crippen molar-refractivity contribution in [1.82, 2.24) is 4.98 Å². The third kappa shape index (κ3) is 1.92. The van der Waals surface area contributed by atoms with Crippen molar-refractivity contribution in [1.29, 1.82) is 0 Å². The van der Waals surface area contributed by atoms with E-state index in [0.717, 1.165) is 18.4 Å². The van der Waals surface area contributed by atoms with Gasteiger partial charge in [-0.3, -0.25) is 9.78 Å². The van der Waals surface area contributed by atoms with Crippen LogP contribution in [0.25, 0.3) is 11.1 Å². The molecule has 1 aromatic heterocycles. The molecular weight excluding hydrogens is 229 g/mol. The monoisotopic (exact) mass is 241 g/mol. The number of Topliss-reactive ketones (excluding diaryl/α,β-unsaturated/α-hetero) is 1. The second-order valence-corrected chi connectivity index (χ2v) is 4.55. The van der Waals surface area contributed by atoms with Crippen molar-refractivity contribution in [2.75, 3.05) is 0 Å². The van der Waals surface area contributed by atoms with Crippen LogP contribution in [0.3, 0.4) is 0 Å². The van der Waals surface area contributed by atoms with Gasteiger partial charge in [0.2, 0.25) is 0 Å². The Balaban J connectivity index is 2.06. The van der Waals surface area contributed by atoms with Gasteiger partial charge < -0.3 is 0 Å². The van der Waals surface area contributed by atoms with Gasteiger partial charge in [-0.25, -0.2) is 4.39 Å². The fourth-order valence-corrected chi connectivity index (χ4v) is 2.00. The van der Waals surface area contributed by atoms with Gasteiger partial charge in [-0.2, -0.15) is 0 Å². The standard InChI is InChI=1S/C15H12FNO/c16-14-12(10-4-2-1-3-5-10)8-17-9-13(14)15(18)11-6-7-11/h1-5,8-9,11H,6-7H2. The molecule has 1 heterocycles. The fourth-order valence-electron chi connectivity index (χ4n) is 2.00. The number of pyridine rings is 1. The molecule has 2 nitrogen and oxygen atoms in total. The van der Waals surface area contributed by atoms with Crippen LogP contribution in [0.4, 0.5) is 4.39 Å². The van der Waals surface area contributed by atoms with E-state index < -0.39 is 5.82 Å². The molecule has 0 N–H and O–H groups in total. The van der Waals surface area contributed by atoms with E-state index in [1.165, 1.54) is 12.4 Å². The summed E-state index contributed by atoms with van der Waals surface area (Å²) in [7, 11) is 0. The lowest BCUT2D eigenvalue weighted by atomic mass is 10.0. The number of nitrogens with zero attached hydrogens (tertiary/aromatic N) is 1. The van der Waals surface area contributed by atoms with Gasteiger partial charge in [0.05, 0.1) is 5.56 Å². The first-order valence-corrected chi connectivity index (χ1v) is 6.00. The largest absolute Gasteiger partial charge is 0.294 e. The van der Waals surface area contributed by atoms with E-state index in [4.69, 9.17) is 0 Å². The van der Waals surface area contributed by atoms with Crippen molar-refractivity contribution in [2.45, 2.75) is 12.8 Å². The number of carbonyl (C=O) groups is 1. The van der Waals surface area contributed by atoms with E-state index in [2.05, 4.69) is 4.98 Å². The van der Waals surface area contributed by atoms with Crippen LogP contribution in [0.2, 0.25) is 0 Å². The van der Waals surface area contributed by atoms with Gasteiger partial charge in [-0.15, -0.1) is 0 Å². The second-order valence-electron chi connectivity index (χ2n) is 4.55. The van der Waals surface area contributed by atoms with Gasteiger partial charge in [0.15, 0.2) is 5.78 Å². The van der Waals surface area contributed by atoms with Crippen molar-refractivity contribution < 1.29 is 9.18 Å². The topological polar surface area (TPSA) is 30.0 Å². The molecule has 1 aliphatic carbocycles. The first kappa shape index (κ1) is 11.1. The lowest BCUT2D eigenvalue weighted by molar-refractivity contribution is 0.0963. The Kier molecular flexibility index (Phi) is 2.67. The lowest BCUT2D eigenvalue weighted by Gasteiger charge is -2.06. The molecule has 18 heavy (non-hydrogen) atoms. The van der Waals surface area contributed by atoms with Crippen LogP contribution < -0.4 is 0 Å². The molecule has 1 saturated carbocycles. The number of hydrogen-bond acceptors (Lipinski definition) is 2. The fraction of sp³-hybridized carbons (Fsp3) is 0.200. The molecule has 0 spiro atoms. The lowest BCUT2D eigenvalue weighted by Crippen LogP contribution is -2.06. The number of aromatic nitrogens is 1. The number of benzene rings is 1. The van der Waals surface area contributed by atoms with E-state index in [1.54, 1.807) is 0 Å². The number of hydrogen-bond donors (Lipinski definition) is 0. The molecular formula is C15H12FNO. The van der Waals surface area contributed by atoms with Crippen molar-refractivity contribution in [2.24, 2.45) is 5.92 Å². The van der Waals surface area contributed by atoms with Crippen molar-refractivity contribution in [3.05, 3.63) is 54.1 Å². The molecule has 1 fully saturated rings. The van der Waals surface area contributed by atoms with E-state index in [1.807, 2.05) is 30.3 Å². The van der Waals surface area contributed by atoms with Crippen molar-refractivity contribution in [3.8, 4) is 11.1 Å². The molecule has 0 unspecified atom stereocenters. The molecule has 3 heteroatoms. The molecule has 0 radical (unpaired) electrons. The van der Waals surface area contributed by atoms with Crippen LogP contribution in [0.1, 0.15) is 23.2 Å². The quantitative estimate of drug-likeness (QED) is 0.770. The molecule has 0 atom stereocenters. The van der Waals surface area contributed by atoms with Crippen LogP contribution in [0.15, 0.2) is 42.7 Å². The second kappa shape index (κ2) is 4.33. The van der Waals surface area contributed by atoms with Gasteiger partial charge >= 0.3 is 0 Å². The predicted octanol–water partition coefficient (Wildman–Crippen LogP) is 3.48. The van der Waals surface area contributed by atoms with Crippen molar-refractivity contribution in [3.63, 3.8) is 0 Å². The summed E-state index contributed by atoms with van der Waals surface area (Å²) >= 11 is 0. The minimum atomic E-state index is -0.451. The van der Waals surface area contributed by atoms with Gasteiger partial charge in [0.1, 0.15) is 5.82 Å². The van der Waals surface area contributed by atoms with Gasteiger partial charge in [0.25, 0.3) is 0 Å². The Bertz CT molecular complexity index is 591. The highest BCUT2D eigenvalue weighted by atomic mass is 19.1. The minimum absolute atomic E-state index is 0.00678. The smallest absolute Gasteiger partial charge is 0.170 e. The van der Waals surface area contributed by atoms with Crippen LogP contribution in [0.5, 0.6) is 0 Å². The molecule has 3 rings (SSSR count). The summed E-state index contributed by atoms with van der Waals surface area (Å²) in [6, 6.07) is 9.17. The van der Waals surface area contributed by atoms with Crippen LogP contribution in [0, 0.1) is 11.7 Å². The first-order chi connectivity index (χ1) is 8.77. The van der Waals surface area contributed by atoms with Crippen LogP contribution in [-0.4, -0.2) is 10.8 Å². The maximum Gasteiger partial charge on any atom is 0.170 e. The average molecular weight is 241 g/mol. The van der Waals surface area contributed by atoms with Crippen molar-refractivity contribution >= 4 is 5.78 Å². The van der Waals surface area contributed by atoms with Gasteiger partial charge in [0, 0.05) is 23.9 Å². The molecule has 1 aliphatic rings. The highest BCUT2D eigenvalue weighted by Crippen LogP contribution is 2.34. The normalized spacial score (nSPS) is 14.5. The highest BCUT2D eigenvalue weighted by Gasteiger charge is 2.32. The van der Waals surface area contributed by atoms with Gasteiger partial charge in [-0.1, -0.05) is 30.3 Å². The Hall–Kier alpha value is -2.03. The molecule has 1 aromatic carbocycles. The summed E-state index contributed by atoms with van der Waals surface area (Å²) in [4.78, 5) is 15.9. The third-order valence-electron chi connectivity index (χ3n) is 3.18. The zero-order valence-corrected chi connectivity index (χ0v) is 9.77. The maximum absolute atomic E-state index is 14.3. The SMILES string of the molecule is O=C(c1cncc(-c2ccccc2)c1F)C1CC1. The maximum atomic E-state index is 14.3. The van der Waals surface area contributed by atoms with Crippen LogP contribution in [-0.2, 0) is 0 Å². The zero-order chi connectivity index (χ0) is 12.5. The Labute approximate surface area is 104 Å². The van der Waals surface area contributed by atoms with E-state index in [9.17, 15) is 9.18 Å². The number of halogens is 1. The summed E-state index contributed by atoms with van der Waals surface area (Å²) < 4.78 is 14.3. The summed E-state index contributed by atoms with van der Waals surface area (Å²) in [5, 5.41) is 0. The summed E-state index contributed by atoms with van der Waals surface area (Å²) in [5.74, 6) is -0.557. The zero-order valence-electron chi connectivity index (χ0n) is 9.77. The van der Waals surface area contributed by atoms with Gasteiger partial charge in [-0.05, 0) is 18.4 Å². The Morgan fingerprint density at radius 3 is 2.56 bits per heavy atom. The first-order valence-electron chi connectivity index (χ1n) is 6.00. The van der Waals surface area contributed by atoms with Crippen LogP contribution >= 0.6 is 0 Å². The third-order valence-corrected chi connectivity index (χ3v) is 3.18. The number of carbonyl (C=O) groups excluding carboxylic acids is 1. The summed E-state index contributed by atoms with van der Waals surface area (Å²) in [6.45, 7) is 0. The molecule has 0 saturated heterocycles. The molecule has 90 valence electrons. The minimum Gasteiger partial charge on any atom is -0.294 e. The molecule has 0 bridgehead atoms. The molecule has 0 aliphatic heterocycles. The molecule has 0 amide bonds. The summed E-state index contributed by atoms with van der Waals surface area (Å²) in [6.07, 6.45) is 4.54. The highest BCUT2D eigenvalue weighted by molar-refractivity contribution is 6.00. The van der Waals surface area contributed by atoms with E-state index >= 15 is 0 Å². The molecule has 2 aromatic rings. The summed E-state index contributed by atoms with van der Waals surface area (Å²) in [5.41, 5.74) is 1.26. The number of rotatable bonds is 3. The number of ketones is 1. The average Bonchev–Trinajstić information content (AvgIpc) is 3.24. The van der Waals surface area contributed by atoms with E-state index in [-0.39, 0.29) is 17.3 Å². The van der Waals surface area contributed by atoms with E-state index in [0.29, 0.717) is 5.56 Å².